The van der Waals surface area contributed by atoms with Gasteiger partial charge in [0.1, 0.15) is 18.2 Å². The highest BCUT2D eigenvalue weighted by molar-refractivity contribution is 6.30. The summed E-state index contributed by atoms with van der Waals surface area (Å²) in [5, 5.41) is 11.5. The summed E-state index contributed by atoms with van der Waals surface area (Å²) >= 11 is 5.78. The molecule has 0 fully saturated rings. The topological polar surface area (TPSA) is 45.1 Å². The molecule has 0 aromatic heterocycles. The second-order valence-corrected chi connectivity index (χ2v) is 4.50. The van der Waals surface area contributed by atoms with E-state index in [2.05, 4.69) is 5.32 Å². The van der Waals surface area contributed by atoms with Crippen LogP contribution in [0, 0.1) is 5.41 Å². The first-order valence-electron chi connectivity index (χ1n) is 5.97. The van der Waals surface area contributed by atoms with Crippen molar-refractivity contribution >= 4 is 17.4 Å². The molecule has 2 rings (SSSR count). The van der Waals surface area contributed by atoms with Gasteiger partial charge in [-0.2, -0.15) is 0 Å². The molecule has 4 heteroatoms. The summed E-state index contributed by atoms with van der Waals surface area (Å²) in [5.74, 6) is 1.05. The zero-order valence-corrected chi connectivity index (χ0v) is 11.2. The van der Waals surface area contributed by atoms with E-state index >= 15 is 0 Å². The minimum atomic E-state index is 0.217. The van der Waals surface area contributed by atoms with Crippen molar-refractivity contribution in [3.63, 3.8) is 0 Å². The Bertz CT molecular complexity index is 526. The molecule has 2 aromatic rings. The lowest BCUT2D eigenvalue weighted by atomic mass is 10.2. The van der Waals surface area contributed by atoms with Crippen molar-refractivity contribution in [3.8, 4) is 5.75 Å². The Morgan fingerprint density at radius 2 is 1.74 bits per heavy atom. The van der Waals surface area contributed by atoms with Crippen molar-refractivity contribution < 1.29 is 4.74 Å². The van der Waals surface area contributed by atoms with E-state index in [1.807, 2.05) is 30.3 Å². The van der Waals surface area contributed by atoms with E-state index in [9.17, 15) is 0 Å². The molecule has 0 bridgehead atoms. The van der Waals surface area contributed by atoms with E-state index in [-0.39, 0.29) is 6.61 Å². The van der Waals surface area contributed by atoms with Gasteiger partial charge < -0.3 is 10.1 Å². The number of hydrogen-bond acceptors (Lipinski definition) is 2. The maximum absolute atomic E-state index is 7.77. The second kappa shape index (κ2) is 6.81. The third kappa shape index (κ3) is 4.64. The molecule has 0 saturated carbocycles. The van der Waals surface area contributed by atoms with E-state index in [4.69, 9.17) is 21.7 Å². The van der Waals surface area contributed by atoms with Gasteiger partial charge in [-0.25, -0.2) is 0 Å². The van der Waals surface area contributed by atoms with Crippen LogP contribution in [0.15, 0.2) is 54.6 Å². The van der Waals surface area contributed by atoms with Crippen molar-refractivity contribution in [1.29, 1.82) is 5.41 Å². The van der Waals surface area contributed by atoms with Gasteiger partial charge >= 0.3 is 0 Å². The fourth-order valence-corrected chi connectivity index (χ4v) is 1.67. The third-order valence-electron chi connectivity index (χ3n) is 2.55. The molecule has 0 radical (unpaired) electrons. The Balaban J connectivity index is 1.74. The number of halogens is 1. The van der Waals surface area contributed by atoms with Crippen LogP contribution in [0.25, 0.3) is 0 Å². The summed E-state index contributed by atoms with van der Waals surface area (Å²) in [6.45, 7) is 0.845. The zero-order valence-electron chi connectivity index (χ0n) is 10.4. The summed E-state index contributed by atoms with van der Waals surface area (Å²) in [7, 11) is 0. The number of hydrogen-bond donors (Lipinski definition) is 2. The number of rotatable bonds is 5. The minimum absolute atomic E-state index is 0.217. The van der Waals surface area contributed by atoms with Gasteiger partial charge in [0.05, 0.1) is 0 Å². The molecule has 0 atom stereocenters. The highest BCUT2D eigenvalue weighted by atomic mass is 35.5. The van der Waals surface area contributed by atoms with Gasteiger partial charge in [-0.3, -0.25) is 5.41 Å². The fourth-order valence-electron chi connectivity index (χ4n) is 1.54. The van der Waals surface area contributed by atoms with Crippen molar-refractivity contribution in [3.05, 3.63) is 65.2 Å². The Labute approximate surface area is 117 Å². The van der Waals surface area contributed by atoms with E-state index < -0.39 is 0 Å². The van der Waals surface area contributed by atoms with Crippen LogP contribution >= 0.6 is 11.6 Å². The Kier molecular flexibility index (Phi) is 4.81. The van der Waals surface area contributed by atoms with Crippen molar-refractivity contribution in [2.45, 2.75) is 6.54 Å². The summed E-state index contributed by atoms with van der Waals surface area (Å²) in [6.07, 6.45) is 0. The van der Waals surface area contributed by atoms with E-state index in [0.717, 1.165) is 5.56 Å². The lowest BCUT2D eigenvalue weighted by molar-refractivity contribution is 0.371. The summed E-state index contributed by atoms with van der Waals surface area (Å²) in [4.78, 5) is 0. The first kappa shape index (κ1) is 13.4. The van der Waals surface area contributed by atoms with Crippen LogP contribution in [0.5, 0.6) is 5.75 Å². The van der Waals surface area contributed by atoms with Crippen LogP contribution in [-0.2, 0) is 6.54 Å². The smallest absolute Gasteiger partial charge is 0.145 e. The second-order valence-electron chi connectivity index (χ2n) is 4.06. The highest BCUT2D eigenvalue weighted by Gasteiger charge is 1.99. The van der Waals surface area contributed by atoms with E-state index in [1.165, 1.54) is 0 Å². The molecule has 0 spiro atoms. The minimum Gasteiger partial charge on any atom is -0.486 e. The van der Waals surface area contributed by atoms with Gasteiger partial charge in [0.2, 0.25) is 0 Å². The first-order chi connectivity index (χ1) is 9.24. The van der Waals surface area contributed by atoms with Crippen LogP contribution in [-0.4, -0.2) is 12.4 Å². The standard InChI is InChI=1S/C15H15ClN2O/c16-13-6-8-14(9-7-13)19-11-15(17)18-10-12-4-2-1-3-5-12/h1-9H,10-11H2,(H2,17,18). The summed E-state index contributed by atoms with van der Waals surface area (Å²) < 4.78 is 5.47. The Hall–Kier alpha value is -2.00. The molecular formula is C15H15ClN2O. The van der Waals surface area contributed by atoms with Gasteiger partial charge in [0.25, 0.3) is 0 Å². The van der Waals surface area contributed by atoms with Crippen LogP contribution in [0.2, 0.25) is 5.02 Å². The Morgan fingerprint density at radius 3 is 2.42 bits per heavy atom. The quantitative estimate of drug-likeness (QED) is 0.648. The lowest BCUT2D eigenvalue weighted by Crippen LogP contribution is -2.27. The fraction of sp³-hybridized carbons (Fsp3) is 0.133. The molecule has 98 valence electrons. The van der Waals surface area contributed by atoms with E-state index in [0.29, 0.717) is 23.2 Å². The average molecular weight is 275 g/mol. The largest absolute Gasteiger partial charge is 0.486 e. The van der Waals surface area contributed by atoms with Gasteiger partial charge in [-0.1, -0.05) is 41.9 Å². The van der Waals surface area contributed by atoms with Crippen molar-refractivity contribution in [1.82, 2.24) is 5.32 Å². The molecule has 3 nitrogen and oxygen atoms in total. The monoisotopic (exact) mass is 274 g/mol. The van der Waals surface area contributed by atoms with Crippen LogP contribution in [0.4, 0.5) is 0 Å². The maximum Gasteiger partial charge on any atom is 0.145 e. The van der Waals surface area contributed by atoms with Crippen LogP contribution in [0.3, 0.4) is 0 Å². The molecule has 0 aliphatic heterocycles. The van der Waals surface area contributed by atoms with Gasteiger partial charge in [-0.15, -0.1) is 0 Å². The number of ether oxygens (including phenoxy) is 1. The van der Waals surface area contributed by atoms with Crippen LogP contribution < -0.4 is 10.1 Å². The molecule has 2 N–H and O–H groups in total. The molecule has 0 aliphatic carbocycles. The van der Waals surface area contributed by atoms with Gasteiger partial charge in [0, 0.05) is 11.6 Å². The molecule has 0 aliphatic rings. The predicted octanol–water partition coefficient (Wildman–Crippen LogP) is 3.49. The first-order valence-corrected chi connectivity index (χ1v) is 6.35. The normalized spacial score (nSPS) is 9.95. The van der Waals surface area contributed by atoms with Gasteiger partial charge in [-0.05, 0) is 29.8 Å². The molecule has 0 saturated heterocycles. The molecule has 0 amide bonds. The average Bonchev–Trinajstić information content (AvgIpc) is 2.45. The molecule has 0 unspecified atom stereocenters. The molecular weight excluding hydrogens is 260 g/mol. The maximum atomic E-state index is 7.77. The van der Waals surface area contributed by atoms with Gasteiger partial charge in [0.15, 0.2) is 0 Å². The van der Waals surface area contributed by atoms with Crippen molar-refractivity contribution in [2.24, 2.45) is 0 Å². The third-order valence-corrected chi connectivity index (χ3v) is 2.80. The lowest BCUT2D eigenvalue weighted by Gasteiger charge is -2.09. The molecule has 0 heterocycles. The number of amidine groups is 1. The SMILES string of the molecule is N=C(COc1ccc(Cl)cc1)NCc1ccccc1. The predicted molar refractivity (Wildman–Crippen MR) is 78.0 cm³/mol. The van der Waals surface area contributed by atoms with Crippen molar-refractivity contribution in [2.75, 3.05) is 6.61 Å². The molecule has 2 aromatic carbocycles. The Morgan fingerprint density at radius 1 is 1.05 bits per heavy atom. The van der Waals surface area contributed by atoms with E-state index in [1.54, 1.807) is 24.3 Å². The highest BCUT2D eigenvalue weighted by Crippen LogP contribution is 2.15. The summed E-state index contributed by atoms with van der Waals surface area (Å²) in [6, 6.07) is 17.0. The summed E-state index contributed by atoms with van der Waals surface area (Å²) in [5.41, 5.74) is 1.14. The number of nitrogens with one attached hydrogen (secondary N) is 2. The van der Waals surface area contributed by atoms with Crippen LogP contribution in [0.1, 0.15) is 5.56 Å². The zero-order chi connectivity index (χ0) is 13.5. The number of benzene rings is 2. The molecule has 19 heavy (non-hydrogen) atoms.